The van der Waals surface area contributed by atoms with Crippen molar-refractivity contribution < 1.29 is 19.1 Å². The van der Waals surface area contributed by atoms with Crippen molar-refractivity contribution in [1.82, 2.24) is 9.88 Å². The SMILES string of the molecule is Cc1ccc(C2C(C(=O)c3ccco3)=C(O)C(=O)N2Cc2cccnc2)cc1. The molecule has 1 atom stereocenters. The molecule has 1 unspecified atom stereocenters. The Hall–Kier alpha value is -3.67. The van der Waals surface area contributed by atoms with Crippen molar-refractivity contribution in [2.45, 2.75) is 19.5 Å². The number of benzene rings is 1. The fraction of sp³-hybridized carbons (Fsp3) is 0.136. The highest BCUT2D eigenvalue weighted by Crippen LogP contribution is 2.39. The number of furan rings is 1. The van der Waals surface area contributed by atoms with Crippen LogP contribution in [0.2, 0.25) is 0 Å². The molecule has 0 spiro atoms. The zero-order chi connectivity index (χ0) is 19.7. The van der Waals surface area contributed by atoms with Gasteiger partial charge < -0.3 is 14.4 Å². The Labute approximate surface area is 161 Å². The van der Waals surface area contributed by atoms with E-state index in [0.717, 1.165) is 16.7 Å². The lowest BCUT2D eigenvalue weighted by atomic mass is 9.94. The molecular formula is C22H18N2O4. The number of pyridine rings is 1. The Bertz CT molecular complexity index is 1040. The Kier molecular flexibility index (Phi) is 4.53. The summed E-state index contributed by atoms with van der Waals surface area (Å²) in [5, 5.41) is 10.6. The molecule has 3 heterocycles. The number of nitrogens with zero attached hydrogens (tertiary/aromatic N) is 2. The summed E-state index contributed by atoms with van der Waals surface area (Å²) in [6, 6.07) is 13.5. The molecule has 4 rings (SSSR count). The first-order valence-corrected chi connectivity index (χ1v) is 8.84. The molecule has 28 heavy (non-hydrogen) atoms. The molecule has 0 saturated heterocycles. The van der Waals surface area contributed by atoms with Crippen LogP contribution in [-0.4, -0.2) is 26.7 Å². The van der Waals surface area contributed by atoms with Gasteiger partial charge in [-0.15, -0.1) is 0 Å². The summed E-state index contributed by atoms with van der Waals surface area (Å²) in [4.78, 5) is 31.4. The molecule has 6 nitrogen and oxygen atoms in total. The average Bonchev–Trinajstić information content (AvgIpc) is 3.33. The smallest absolute Gasteiger partial charge is 0.290 e. The van der Waals surface area contributed by atoms with Crippen LogP contribution in [-0.2, 0) is 11.3 Å². The van der Waals surface area contributed by atoms with Gasteiger partial charge in [0.1, 0.15) is 0 Å². The van der Waals surface area contributed by atoms with Gasteiger partial charge >= 0.3 is 0 Å². The van der Waals surface area contributed by atoms with E-state index in [0.29, 0.717) is 0 Å². The van der Waals surface area contributed by atoms with Gasteiger partial charge in [0.2, 0.25) is 5.78 Å². The van der Waals surface area contributed by atoms with E-state index in [1.165, 1.54) is 17.2 Å². The van der Waals surface area contributed by atoms with Gasteiger partial charge in [0.25, 0.3) is 5.91 Å². The summed E-state index contributed by atoms with van der Waals surface area (Å²) in [7, 11) is 0. The minimum atomic E-state index is -0.717. The van der Waals surface area contributed by atoms with Crippen LogP contribution in [0.25, 0.3) is 0 Å². The number of aliphatic hydroxyl groups excluding tert-OH is 1. The zero-order valence-corrected chi connectivity index (χ0v) is 15.2. The molecule has 1 aliphatic rings. The van der Waals surface area contributed by atoms with Crippen molar-refractivity contribution in [3.8, 4) is 0 Å². The maximum atomic E-state index is 13.0. The van der Waals surface area contributed by atoms with E-state index in [1.54, 1.807) is 24.5 Å². The van der Waals surface area contributed by atoms with Crippen LogP contribution in [0.4, 0.5) is 0 Å². The molecule has 0 fully saturated rings. The lowest BCUT2D eigenvalue weighted by Gasteiger charge is -2.26. The molecule has 1 amide bonds. The number of rotatable bonds is 5. The molecule has 6 heteroatoms. The van der Waals surface area contributed by atoms with Gasteiger partial charge in [0, 0.05) is 18.9 Å². The van der Waals surface area contributed by atoms with Crippen LogP contribution in [0.15, 0.2) is 82.9 Å². The first kappa shape index (κ1) is 17.7. The third-order valence-electron chi connectivity index (χ3n) is 4.76. The van der Waals surface area contributed by atoms with Gasteiger partial charge in [-0.1, -0.05) is 35.9 Å². The van der Waals surface area contributed by atoms with Crippen LogP contribution in [0.5, 0.6) is 0 Å². The van der Waals surface area contributed by atoms with Gasteiger partial charge in [0.15, 0.2) is 11.5 Å². The predicted octanol–water partition coefficient (Wildman–Crippen LogP) is 3.76. The number of aliphatic hydroxyl groups is 1. The minimum absolute atomic E-state index is 0.0210. The van der Waals surface area contributed by atoms with Crippen molar-refractivity contribution in [2.75, 3.05) is 0 Å². The maximum absolute atomic E-state index is 13.0. The Morgan fingerprint density at radius 1 is 1.18 bits per heavy atom. The summed E-state index contributed by atoms with van der Waals surface area (Å²) in [5.74, 6) is -1.56. The number of hydrogen-bond donors (Lipinski definition) is 1. The zero-order valence-electron chi connectivity index (χ0n) is 15.2. The van der Waals surface area contributed by atoms with E-state index in [4.69, 9.17) is 4.42 Å². The van der Waals surface area contributed by atoms with Crippen LogP contribution in [0, 0.1) is 6.92 Å². The second kappa shape index (κ2) is 7.15. The summed E-state index contributed by atoms with van der Waals surface area (Å²) in [6.07, 6.45) is 4.69. The first-order valence-electron chi connectivity index (χ1n) is 8.84. The van der Waals surface area contributed by atoms with Gasteiger partial charge in [0.05, 0.1) is 17.9 Å². The van der Waals surface area contributed by atoms with E-state index in [1.807, 2.05) is 37.3 Å². The fourth-order valence-corrected chi connectivity index (χ4v) is 3.37. The normalized spacial score (nSPS) is 16.7. The molecule has 0 bridgehead atoms. The van der Waals surface area contributed by atoms with E-state index in [9.17, 15) is 14.7 Å². The van der Waals surface area contributed by atoms with Crippen LogP contribution in [0.1, 0.15) is 33.3 Å². The average molecular weight is 374 g/mol. The number of carbonyl (C=O) groups is 2. The standard InChI is InChI=1S/C22H18N2O4/c1-14-6-8-16(9-7-14)19-18(20(25)17-5-3-11-28-17)21(26)22(27)24(19)13-15-4-2-10-23-12-15/h2-12,19,26H,13H2,1H3. The lowest BCUT2D eigenvalue weighted by Crippen LogP contribution is -2.30. The number of ketones is 1. The highest BCUT2D eigenvalue weighted by atomic mass is 16.3. The third kappa shape index (κ3) is 3.09. The molecule has 0 radical (unpaired) electrons. The molecule has 0 aliphatic carbocycles. The van der Waals surface area contributed by atoms with E-state index in [2.05, 4.69) is 4.98 Å². The Balaban J connectivity index is 1.79. The topological polar surface area (TPSA) is 83.6 Å². The predicted molar refractivity (Wildman–Crippen MR) is 101 cm³/mol. The van der Waals surface area contributed by atoms with Crippen molar-refractivity contribution in [1.29, 1.82) is 0 Å². The maximum Gasteiger partial charge on any atom is 0.290 e. The molecule has 140 valence electrons. The summed E-state index contributed by atoms with van der Waals surface area (Å²) in [5.41, 5.74) is 2.61. The first-order chi connectivity index (χ1) is 13.6. The summed E-state index contributed by atoms with van der Waals surface area (Å²) >= 11 is 0. The highest BCUT2D eigenvalue weighted by molar-refractivity contribution is 6.14. The van der Waals surface area contributed by atoms with Gasteiger partial charge in [-0.25, -0.2) is 0 Å². The van der Waals surface area contributed by atoms with Crippen molar-refractivity contribution >= 4 is 11.7 Å². The second-order valence-corrected chi connectivity index (χ2v) is 6.68. The van der Waals surface area contributed by atoms with E-state index >= 15 is 0 Å². The van der Waals surface area contributed by atoms with Crippen LogP contribution >= 0.6 is 0 Å². The summed E-state index contributed by atoms with van der Waals surface area (Å²) in [6.45, 7) is 2.17. The number of hydrogen-bond acceptors (Lipinski definition) is 5. The molecule has 1 aliphatic heterocycles. The van der Waals surface area contributed by atoms with Gasteiger partial charge in [-0.05, 0) is 36.2 Å². The van der Waals surface area contributed by atoms with E-state index in [-0.39, 0.29) is 17.9 Å². The lowest BCUT2D eigenvalue weighted by molar-refractivity contribution is -0.130. The molecule has 1 aromatic carbocycles. The quantitative estimate of drug-likeness (QED) is 0.688. The van der Waals surface area contributed by atoms with Crippen LogP contribution in [0.3, 0.4) is 0 Å². The number of Topliss-reactive ketones (excluding diaryl/α,β-unsaturated/α-hetero) is 1. The molecular weight excluding hydrogens is 356 g/mol. The largest absolute Gasteiger partial charge is 0.503 e. The summed E-state index contributed by atoms with van der Waals surface area (Å²) < 4.78 is 5.21. The molecule has 3 aromatic rings. The number of carbonyl (C=O) groups excluding carboxylic acids is 2. The van der Waals surface area contributed by atoms with Gasteiger partial charge in [-0.2, -0.15) is 0 Å². The van der Waals surface area contributed by atoms with E-state index < -0.39 is 23.5 Å². The number of amides is 1. The van der Waals surface area contributed by atoms with Gasteiger partial charge in [-0.3, -0.25) is 14.6 Å². The highest BCUT2D eigenvalue weighted by Gasteiger charge is 2.44. The number of aryl methyl sites for hydroxylation is 1. The van der Waals surface area contributed by atoms with Crippen LogP contribution < -0.4 is 0 Å². The monoisotopic (exact) mass is 374 g/mol. The number of aromatic nitrogens is 1. The fourth-order valence-electron chi connectivity index (χ4n) is 3.37. The molecule has 0 saturated carbocycles. The minimum Gasteiger partial charge on any atom is -0.503 e. The molecule has 2 aromatic heterocycles. The van der Waals surface area contributed by atoms with Crippen molar-refractivity contribution in [3.05, 3.63) is 101 Å². The third-order valence-corrected chi connectivity index (χ3v) is 4.76. The van der Waals surface area contributed by atoms with Crippen molar-refractivity contribution in [3.63, 3.8) is 0 Å². The Morgan fingerprint density at radius 3 is 2.61 bits per heavy atom. The molecule has 1 N–H and O–H groups in total. The Morgan fingerprint density at radius 2 is 1.96 bits per heavy atom. The van der Waals surface area contributed by atoms with Crippen molar-refractivity contribution in [2.24, 2.45) is 0 Å². The second-order valence-electron chi connectivity index (χ2n) is 6.68.